The highest BCUT2D eigenvalue weighted by Crippen LogP contribution is 2.70. The van der Waals surface area contributed by atoms with E-state index in [0.29, 0.717) is 11.8 Å². The fraction of sp³-hybridized carbons (Fsp3) is 0.412. The first-order chi connectivity index (χ1) is 10.2. The molecule has 4 atom stereocenters. The van der Waals surface area contributed by atoms with Gasteiger partial charge in [-0.2, -0.15) is 0 Å². The largest absolute Gasteiger partial charge is 0.504 e. The second-order valence-electron chi connectivity index (χ2n) is 6.90. The van der Waals surface area contributed by atoms with Crippen LogP contribution in [0, 0.1) is 0 Å². The van der Waals surface area contributed by atoms with Crippen LogP contribution in [0.2, 0.25) is 0 Å². The normalized spacial score (nSPS) is 42.5. The Kier molecular flexibility index (Phi) is 1.45. The van der Waals surface area contributed by atoms with Crippen molar-refractivity contribution in [2.24, 2.45) is 0 Å². The van der Waals surface area contributed by atoms with Crippen molar-refractivity contribution in [3.63, 3.8) is 0 Å². The van der Waals surface area contributed by atoms with E-state index in [1.165, 1.54) is 16.7 Å². The molecule has 1 saturated heterocycles. The zero-order valence-electron chi connectivity index (χ0n) is 11.6. The van der Waals surface area contributed by atoms with Crippen molar-refractivity contribution < 1.29 is 14.6 Å². The number of ether oxygens (including phenoxy) is 2. The van der Waals surface area contributed by atoms with Gasteiger partial charge >= 0.3 is 0 Å². The lowest BCUT2D eigenvalue weighted by atomic mass is 9.64. The zero-order chi connectivity index (χ0) is 14.0. The van der Waals surface area contributed by atoms with Crippen LogP contribution < -0.4 is 10.1 Å². The monoisotopic (exact) mass is 281 g/mol. The summed E-state index contributed by atoms with van der Waals surface area (Å²) in [7, 11) is 1.70. The third-order valence-corrected chi connectivity index (χ3v) is 6.10. The van der Waals surface area contributed by atoms with E-state index in [1.807, 2.05) is 6.08 Å². The van der Waals surface area contributed by atoms with Crippen molar-refractivity contribution in [3.05, 3.63) is 46.7 Å². The minimum Gasteiger partial charge on any atom is -0.504 e. The summed E-state index contributed by atoms with van der Waals surface area (Å²) in [5, 5.41) is 13.9. The molecule has 2 aliphatic heterocycles. The maximum Gasteiger partial charge on any atom is 0.169 e. The molecule has 2 fully saturated rings. The minimum atomic E-state index is -0.128. The Balaban J connectivity index is 1.74. The predicted molar refractivity (Wildman–Crippen MR) is 75.4 cm³/mol. The number of phenolic OH excluding ortho intramolecular Hbond substituents is 1. The number of aromatic hydroxyl groups is 1. The van der Waals surface area contributed by atoms with Crippen molar-refractivity contribution in [2.45, 2.75) is 35.9 Å². The number of fused-ring (bicyclic) bond motifs is 1. The number of methoxy groups -OCH3 is 1. The fourth-order valence-corrected chi connectivity index (χ4v) is 5.36. The molecule has 2 bridgehead atoms. The highest BCUT2D eigenvalue weighted by atomic mass is 16.5. The van der Waals surface area contributed by atoms with E-state index < -0.39 is 0 Å². The van der Waals surface area contributed by atoms with E-state index in [4.69, 9.17) is 9.47 Å². The molecule has 4 heteroatoms. The molecule has 1 aromatic carbocycles. The molecule has 2 N–H and O–H groups in total. The van der Waals surface area contributed by atoms with Crippen LogP contribution in [0.4, 0.5) is 0 Å². The van der Waals surface area contributed by atoms with Gasteiger partial charge in [0.25, 0.3) is 0 Å². The number of nitrogens with one attached hydrogen (secondary N) is 1. The van der Waals surface area contributed by atoms with Gasteiger partial charge in [-0.15, -0.1) is 0 Å². The molecule has 4 nitrogen and oxygen atoms in total. The molecule has 21 heavy (non-hydrogen) atoms. The molecule has 1 unspecified atom stereocenters. The van der Waals surface area contributed by atoms with Gasteiger partial charge in [0.15, 0.2) is 17.6 Å². The lowest BCUT2D eigenvalue weighted by molar-refractivity contribution is 0.111. The van der Waals surface area contributed by atoms with Crippen LogP contribution in [0.5, 0.6) is 11.5 Å². The summed E-state index contributed by atoms with van der Waals surface area (Å²) in [5.41, 5.74) is 4.01. The smallest absolute Gasteiger partial charge is 0.169 e. The van der Waals surface area contributed by atoms with Crippen LogP contribution in [0.3, 0.4) is 0 Å². The molecule has 1 aromatic rings. The Morgan fingerprint density at radius 2 is 2.29 bits per heavy atom. The Morgan fingerprint density at radius 1 is 1.38 bits per heavy atom. The van der Waals surface area contributed by atoms with Crippen LogP contribution in [0.25, 0.3) is 0 Å². The first-order valence-corrected chi connectivity index (χ1v) is 7.45. The average molecular weight is 281 g/mol. The summed E-state index contributed by atoms with van der Waals surface area (Å²) in [4.78, 5) is 0. The molecule has 0 aromatic heterocycles. The van der Waals surface area contributed by atoms with E-state index >= 15 is 0 Å². The molecule has 3 aliphatic carbocycles. The molecule has 2 spiro atoms. The van der Waals surface area contributed by atoms with Crippen LogP contribution in [0.15, 0.2) is 35.6 Å². The van der Waals surface area contributed by atoms with E-state index in [2.05, 4.69) is 17.5 Å². The maximum absolute atomic E-state index is 10.3. The molecule has 2 heterocycles. The standard InChI is InChI=1S/C17H15NO3/c1-20-11-5-3-9-14-16(18-14)6-8-2-4-10(19)13-12(8)17(9,7-16)15(11)21-13/h2-5,14-15,18-19H,6-7H2,1H3/t14?,15-,16-,17-/m0/s1. The van der Waals surface area contributed by atoms with Gasteiger partial charge in [-0.1, -0.05) is 12.1 Å². The minimum absolute atomic E-state index is 0.127. The summed E-state index contributed by atoms with van der Waals surface area (Å²) in [6, 6.07) is 4.28. The third kappa shape index (κ3) is 0.897. The van der Waals surface area contributed by atoms with Crippen LogP contribution >= 0.6 is 0 Å². The molecule has 5 aliphatic rings. The van der Waals surface area contributed by atoms with Crippen LogP contribution in [-0.2, 0) is 16.6 Å². The van der Waals surface area contributed by atoms with Crippen molar-refractivity contribution in [1.82, 2.24) is 5.32 Å². The quantitative estimate of drug-likeness (QED) is 0.766. The summed E-state index contributed by atoms with van der Waals surface area (Å²) in [6.07, 6.45) is 6.18. The Bertz CT molecular complexity index is 795. The second-order valence-corrected chi connectivity index (χ2v) is 6.90. The Labute approximate surface area is 122 Å². The van der Waals surface area contributed by atoms with Gasteiger partial charge in [0.05, 0.1) is 12.5 Å². The molecule has 6 rings (SSSR count). The highest BCUT2D eigenvalue weighted by molar-refractivity contribution is 5.71. The highest BCUT2D eigenvalue weighted by Gasteiger charge is 2.76. The fourth-order valence-electron chi connectivity index (χ4n) is 5.36. The summed E-state index contributed by atoms with van der Waals surface area (Å²) >= 11 is 0. The summed E-state index contributed by atoms with van der Waals surface area (Å²) in [5.74, 6) is 1.78. The summed E-state index contributed by atoms with van der Waals surface area (Å²) in [6.45, 7) is 0. The number of allylic oxidation sites excluding steroid dienone is 2. The van der Waals surface area contributed by atoms with Gasteiger partial charge in [0.2, 0.25) is 0 Å². The molecule has 0 amide bonds. The number of hydrogen-bond acceptors (Lipinski definition) is 4. The van der Waals surface area contributed by atoms with E-state index in [1.54, 1.807) is 13.2 Å². The molecule has 0 radical (unpaired) electrons. The van der Waals surface area contributed by atoms with Gasteiger partial charge < -0.3 is 19.9 Å². The Hall–Kier alpha value is -1.94. The molecular formula is C17H15NO3. The Morgan fingerprint density at radius 3 is 3.14 bits per heavy atom. The first kappa shape index (κ1) is 10.7. The lowest BCUT2D eigenvalue weighted by Gasteiger charge is -2.40. The van der Waals surface area contributed by atoms with Crippen molar-refractivity contribution in [2.75, 3.05) is 7.11 Å². The summed E-state index contributed by atoms with van der Waals surface area (Å²) < 4.78 is 11.8. The van der Waals surface area contributed by atoms with Gasteiger partial charge in [-0.05, 0) is 36.1 Å². The number of hydrogen-bond donors (Lipinski definition) is 2. The topological polar surface area (TPSA) is 60.6 Å². The average Bonchev–Trinajstić information content (AvgIpc) is 2.93. The van der Waals surface area contributed by atoms with Gasteiger partial charge in [-0.3, -0.25) is 0 Å². The van der Waals surface area contributed by atoms with Gasteiger partial charge in [0.1, 0.15) is 5.76 Å². The van der Waals surface area contributed by atoms with E-state index in [9.17, 15) is 5.11 Å². The van der Waals surface area contributed by atoms with E-state index in [0.717, 1.165) is 18.6 Å². The maximum atomic E-state index is 10.3. The van der Waals surface area contributed by atoms with Crippen LogP contribution in [0.1, 0.15) is 17.5 Å². The second kappa shape index (κ2) is 2.83. The number of benzene rings is 1. The number of phenols is 1. The number of piperidine rings is 1. The van der Waals surface area contributed by atoms with Crippen molar-refractivity contribution in [1.29, 1.82) is 0 Å². The van der Waals surface area contributed by atoms with Crippen molar-refractivity contribution in [3.8, 4) is 11.5 Å². The number of rotatable bonds is 1. The lowest BCUT2D eigenvalue weighted by Crippen LogP contribution is -2.47. The van der Waals surface area contributed by atoms with Gasteiger partial charge in [-0.25, -0.2) is 0 Å². The SMILES string of the molecule is COC1=CC=C2C3N[C@]34Cc3ccc(O)c5c3[C@@]2(C4)[C@H]1O5. The van der Waals surface area contributed by atoms with Crippen LogP contribution in [-0.4, -0.2) is 29.9 Å². The van der Waals surface area contributed by atoms with E-state index in [-0.39, 0.29) is 22.8 Å². The first-order valence-electron chi connectivity index (χ1n) is 7.45. The van der Waals surface area contributed by atoms with Gasteiger partial charge in [0, 0.05) is 17.1 Å². The molecular weight excluding hydrogens is 266 g/mol. The zero-order valence-corrected chi connectivity index (χ0v) is 11.6. The predicted octanol–water partition coefficient (Wildman–Crippen LogP) is 1.53. The molecule has 106 valence electrons. The third-order valence-electron chi connectivity index (χ3n) is 6.10. The van der Waals surface area contributed by atoms with Crippen molar-refractivity contribution >= 4 is 0 Å². The molecule has 1 saturated carbocycles.